The summed E-state index contributed by atoms with van der Waals surface area (Å²) >= 11 is 1.60. The Kier molecular flexibility index (Phi) is 5.66. The van der Waals surface area contributed by atoms with E-state index in [9.17, 15) is 9.59 Å². The first-order chi connectivity index (χ1) is 10.6. The van der Waals surface area contributed by atoms with Gasteiger partial charge in [0.2, 0.25) is 11.8 Å². The molecule has 1 aromatic heterocycles. The molecular weight excluding hydrogens is 298 g/mol. The Morgan fingerprint density at radius 1 is 1.18 bits per heavy atom. The number of anilines is 1. The zero-order chi connectivity index (χ0) is 15.9. The number of hydrogen-bond donors (Lipinski definition) is 3. The molecule has 2 rings (SSSR count). The molecule has 0 saturated carbocycles. The summed E-state index contributed by atoms with van der Waals surface area (Å²) in [6.07, 6.45) is 1.86. The highest BCUT2D eigenvalue weighted by Gasteiger charge is 2.08. The van der Waals surface area contributed by atoms with Crippen molar-refractivity contribution < 1.29 is 9.59 Å². The normalized spacial score (nSPS) is 10.3. The third-order valence-electron chi connectivity index (χ3n) is 2.93. The molecule has 0 fully saturated rings. The van der Waals surface area contributed by atoms with Crippen LogP contribution >= 0.6 is 11.8 Å². The minimum atomic E-state index is -0.104. The molecular formula is C16H19N3O2S. The van der Waals surface area contributed by atoms with Crippen molar-refractivity contribution in [2.75, 3.05) is 17.6 Å². The Morgan fingerprint density at radius 2 is 2.00 bits per heavy atom. The first-order valence-corrected chi connectivity index (χ1v) is 7.97. The van der Waals surface area contributed by atoms with Crippen LogP contribution in [0, 0.1) is 0 Å². The van der Waals surface area contributed by atoms with Gasteiger partial charge in [-0.05, 0) is 24.3 Å². The van der Waals surface area contributed by atoms with Gasteiger partial charge in [-0.3, -0.25) is 9.59 Å². The summed E-state index contributed by atoms with van der Waals surface area (Å²) in [6, 6.07) is 9.87. The predicted octanol–water partition coefficient (Wildman–Crippen LogP) is 2.87. The van der Waals surface area contributed by atoms with Crippen molar-refractivity contribution in [2.24, 2.45) is 0 Å². The first-order valence-electron chi connectivity index (χ1n) is 6.99. The molecule has 0 aliphatic carbocycles. The van der Waals surface area contributed by atoms with E-state index < -0.39 is 0 Å². The van der Waals surface area contributed by atoms with Crippen LogP contribution in [0.3, 0.4) is 0 Å². The number of hydrogen-bond acceptors (Lipinski definition) is 3. The van der Waals surface area contributed by atoms with Crippen LogP contribution in [0.1, 0.15) is 13.8 Å². The molecule has 1 aromatic carbocycles. The van der Waals surface area contributed by atoms with Crippen LogP contribution < -0.4 is 10.6 Å². The number of aromatic amines is 1. The second-order valence-corrected chi connectivity index (χ2v) is 5.94. The molecule has 2 aromatic rings. The maximum Gasteiger partial charge on any atom is 0.221 e. The average molecular weight is 317 g/mol. The van der Waals surface area contributed by atoms with Crippen LogP contribution in [0.2, 0.25) is 0 Å². The fourth-order valence-electron chi connectivity index (χ4n) is 2.01. The van der Waals surface area contributed by atoms with Gasteiger partial charge in [-0.1, -0.05) is 6.07 Å². The van der Waals surface area contributed by atoms with Crippen molar-refractivity contribution >= 4 is 29.3 Å². The SMILES string of the molecule is CC(=O)NCCSc1ccc(-c2ccc[nH]2)cc1NC(C)=O. The van der Waals surface area contributed by atoms with Crippen molar-refractivity contribution in [1.82, 2.24) is 10.3 Å². The van der Waals surface area contributed by atoms with E-state index in [1.165, 1.54) is 13.8 Å². The fraction of sp³-hybridized carbons (Fsp3) is 0.250. The van der Waals surface area contributed by atoms with Crippen molar-refractivity contribution in [3.63, 3.8) is 0 Å². The summed E-state index contributed by atoms with van der Waals surface area (Å²) in [7, 11) is 0. The summed E-state index contributed by atoms with van der Waals surface area (Å²) < 4.78 is 0. The Morgan fingerprint density at radius 3 is 2.64 bits per heavy atom. The Bertz CT molecular complexity index is 653. The molecule has 6 heteroatoms. The van der Waals surface area contributed by atoms with E-state index in [2.05, 4.69) is 15.6 Å². The first kappa shape index (κ1) is 16.2. The summed E-state index contributed by atoms with van der Waals surface area (Å²) in [5.41, 5.74) is 2.80. The number of H-pyrrole nitrogens is 1. The molecule has 22 heavy (non-hydrogen) atoms. The second kappa shape index (κ2) is 7.70. The molecule has 1 heterocycles. The van der Waals surface area contributed by atoms with Crippen molar-refractivity contribution in [2.45, 2.75) is 18.7 Å². The van der Waals surface area contributed by atoms with E-state index in [4.69, 9.17) is 0 Å². The number of benzene rings is 1. The highest BCUT2D eigenvalue weighted by molar-refractivity contribution is 7.99. The third-order valence-corrected chi connectivity index (χ3v) is 4.01. The third kappa shape index (κ3) is 4.66. The number of amides is 2. The van der Waals surface area contributed by atoms with Gasteiger partial charge in [0.15, 0.2) is 0 Å². The van der Waals surface area contributed by atoms with Crippen molar-refractivity contribution in [3.05, 3.63) is 36.5 Å². The standard InChI is InChI=1S/C16H19N3O2S/c1-11(20)17-8-9-22-16-6-5-13(14-4-3-7-18-14)10-15(16)19-12(2)21/h3-7,10,18H,8-9H2,1-2H3,(H,17,20)(H,19,21). The lowest BCUT2D eigenvalue weighted by molar-refractivity contribution is -0.118. The van der Waals surface area contributed by atoms with Crippen LogP contribution in [0.15, 0.2) is 41.4 Å². The van der Waals surface area contributed by atoms with E-state index >= 15 is 0 Å². The molecule has 5 nitrogen and oxygen atoms in total. The molecule has 116 valence electrons. The Balaban J connectivity index is 2.14. The largest absolute Gasteiger partial charge is 0.361 e. The van der Waals surface area contributed by atoms with Gasteiger partial charge in [-0.2, -0.15) is 0 Å². The second-order valence-electron chi connectivity index (χ2n) is 4.81. The van der Waals surface area contributed by atoms with E-state index in [1.54, 1.807) is 11.8 Å². The number of thioether (sulfide) groups is 1. The van der Waals surface area contributed by atoms with Gasteiger partial charge in [0.05, 0.1) is 5.69 Å². The minimum absolute atomic E-state index is 0.0372. The number of rotatable bonds is 6. The van der Waals surface area contributed by atoms with Gasteiger partial charge in [0.25, 0.3) is 0 Å². The molecule has 0 aliphatic rings. The van der Waals surface area contributed by atoms with Crippen LogP contribution in [-0.2, 0) is 9.59 Å². The highest BCUT2D eigenvalue weighted by Crippen LogP contribution is 2.31. The monoisotopic (exact) mass is 317 g/mol. The molecule has 0 spiro atoms. The van der Waals surface area contributed by atoms with Gasteiger partial charge in [-0.25, -0.2) is 0 Å². The van der Waals surface area contributed by atoms with Gasteiger partial charge >= 0.3 is 0 Å². The number of carbonyl (C=O) groups excluding carboxylic acids is 2. The topological polar surface area (TPSA) is 74.0 Å². The van der Waals surface area contributed by atoms with E-state index in [0.717, 1.165) is 27.6 Å². The molecule has 0 radical (unpaired) electrons. The van der Waals surface area contributed by atoms with Gasteiger partial charge < -0.3 is 15.6 Å². The smallest absolute Gasteiger partial charge is 0.221 e. The molecule has 2 amide bonds. The molecule has 0 unspecified atom stereocenters. The van der Waals surface area contributed by atoms with E-state index in [1.807, 2.05) is 36.5 Å². The van der Waals surface area contributed by atoms with Gasteiger partial charge in [-0.15, -0.1) is 11.8 Å². The molecule has 0 aliphatic heterocycles. The van der Waals surface area contributed by atoms with Crippen molar-refractivity contribution in [3.8, 4) is 11.3 Å². The maximum atomic E-state index is 11.4. The zero-order valence-electron chi connectivity index (χ0n) is 12.6. The predicted molar refractivity (Wildman–Crippen MR) is 89.9 cm³/mol. The van der Waals surface area contributed by atoms with Gasteiger partial charge in [0.1, 0.15) is 0 Å². The van der Waals surface area contributed by atoms with Crippen LogP contribution in [0.4, 0.5) is 5.69 Å². The lowest BCUT2D eigenvalue weighted by Gasteiger charge is -2.12. The fourth-order valence-corrected chi connectivity index (χ4v) is 2.86. The summed E-state index contributed by atoms with van der Waals surface area (Å²) in [4.78, 5) is 26.4. The van der Waals surface area contributed by atoms with Crippen LogP contribution in [0.25, 0.3) is 11.3 Å². The Labute approximate surface area is 133 Å². The number of aromatic nitrogens is 1. The van der Waals surface area contributed by atoms with Crippen molar-refractivity contribution in [1.29, 1.82) is 0 Å². The number of carbonyl (C=O) groups is 2. The maximum absolute atomic E-state index is 11.4. The number of nitrogens with one attached hydrogen (secondary N) is 3. The minimum Gasteiger partial charge on any atom is -0.361 e. The summed E-state index contributed by atoms with van der Waals surface area (Å²) in [6.45, 7) is 3.59. The zero-order valence-corrected chi connectivity index (χ0v) is 13.4. The highest BCUT2D eigenvalue weighted by atomic mass is 32.2. The molecule has 3 N–H and O–H groups in total. The molecule has 0 bridgehead atoms. The summed E-state index contributed by atoms with van der Waals surface area (Å²) in [5.74, 6) is 0.603. The van der Waals surface area contributed by atoms with E-state index in [-0.39, 0.29) is 11.8 Å². The summed E-state index contributed by atoms with van der Waals surface area (Å²) in [5, 5.41) is 5.62. The molecule has 0 saturated heterocycles. The molecule has 0 atom stereocenters. The van der Waals surface area contributed by atoms with E-state index in [0.29, 0.717) is 6.54 Å². The van der Waals surface area contributed by atoms with Crippen LogP contribution in [-0.4, -0.2) is 29.1 Å². The average Bonchev–Trinajstić information content (AvgIpc) is 2.98. The Hall–Kier alpha value is -2.21. The van der Waals surface area contributed by atoms with Crippen LogP contribution in [0.5, 0.6) is 0 Å². The quantitative estimate of drug-likeness (QED) is 0.566. The lowest BCUT2D eigenvalue weighted by atomic mass is 10.1. The lowest BCUT2D eigenvalue weighted by Crippen LogP contribution is -2.22. The van der Waals surface area contributed by atoms with Gasteiger partial charge in [0, 0.05) is 48.5 Å².